The molecule has 0 aromatic heterocycles. The number of nitrogens with zero attached hydrogens (tertiary/aromatic N) is 1. The van der Waals surface area contributed by atoms with Gasteiger partial charge in [0.2, 0.25) is 0 Å². The Kier molecular flexibility index (Phi) is 5.62. The highest BCUT2D eigenvalue weighted by Crippen LogP contribution is 2.31. The van der Waals surface area contributed by atoms with Gasteiger partial charge < -0.3 is 4.74 Å². The average Bonchev–Trinajstić information content (AvgIpc) is 2.26. The summed E-state index contributed by atoms with van der Waals surface area (Å²) in [5.74, 6) is 0.173. The Morgan fingerprint density at radius 3 is 2.88 bits per heavy atom. The zero-order chi connectivity index (χ0) is 12.0. The number of carbonyl (C=O) groups excluding carboxylic acids is 1. The number of esters is 1. The van der Waals surface area contributed by atoms with E-state index in [9.17, 15) is 4.79 Å². The molecule has 0 amide bonds. The molecule has 3 nitrogen and oxygen atoms in total. The maximum absolute atomic E-state index is 11.0. The summed E-state index contributed by atoms with van der Waals surface area (Å²) in [5.41, 5.74) is 0. The molecule has 0 N–H and O–H groups in total. The second kappa shape index (κ2) is 6.75. The summed E-state index contributed by atoms with van der Waals surface area (Å²) in [5, 5.41) is 8.19. The standard InChI is InChI=1S/C12H18ClNO2/c1-9(15)16-12-5-3-2-4-10(12)6-7-11(13)8-14/h10-12H,2-7H2,1H3. The molecular weight excluding hydrogens is 226 g/mol. The van der Waals surface area contributed by atoms with Crippen molar-refractivity contribution in [2.24, 2.45) is 5.92 Å². The summed E-state index contributed by atoms with van der Waals surface area (Å²) in [6.45, 7) is 1.45. The third kappa shape index (κ3) is 4.40. The predicted octanol–water partition coefficient (Wildman–Crippen LogP) is 3.02. The van der Waals surface area contributed by atoms with Gasteiger partial charge in [0.1, 0.15) is 11.5 Å². The minimum absolute atomic E-state index is 0.0359. The van der Waals surface area contributed by atoms with E-state index >= 15 is 0 Å². The van der Waals surface area contributed by atoms with Gasteiger partial charge in [-0.25, -0.2) is 0 Å². The number of halogens is 1. The van der Waals surface area contributed by atoms with E-state index < -0.39 is 5.38 Å². The third-order valence-electron chi connectivity index (χ3n) is 3.09. The number of nitriles is 1. The molecule has 0 heterocycles. The normalized spacial score (nSPS) is 26.8. The van der Waals surface area contributed by atoms with Gasteiger partial charge >= 0.3 is 5.97 Å². The highest BCUT2D eigenvalue weighted by molar-refractivity contribution is 6.22. The zero-order valence-electron chi connectivity index (χ0n) is 9.62. The molecule has 90 valence electrons. The second-order valence-electron chi connectivity index (χ2n) is 4.37. The number of alkyl halides is 1. The van der Waals surface area contributed by atoms with E-state index in [-0.39, 0.29) is 12.1 Å². The summed E-state index contributed by atoms with van der Waals surface area (Å²) in [6, 6.07) is 2.02. The quantitative estimate of drug-likeness (QED) is 0.563. The Hall–Kier alpha value is -0.750. The Morgan fingerprint density at radius 2 is 2.25 bits per heavy atom. The maximum Gasteiger partial charge on any atom is 0.302 e. The molecule has 3 atom stereocenters. The van der Waals surface area contributed by atoms with Crippen LogP contribution in [0.3, 0.4) is 0 Å². The van der Waals surface area contributed by atoms with Crippen LogP contribution in [0.25, 0.3) is 0 Å². The number of ether oxygens (including phenoxy) is 1. The fourth-order valence-corrected chi connectivity index (χ4v) is 2.42. The zero-order valence-corrected chi connectivity index (χ0v) is 10.4. The van der Waals surface area contributed by atoms with Crippen molar-refractivity contribution in [3.8, 4) is 6.07 Å². The lowest BCUT2D eigenvalue weighted by Gasteiger charge is -2.31. The van der Waals surface area contributed by atoms with Crippen molar-refractivity contribution in [1.29, 1.82) is 5.26 Å². The van der Waals surface area contributed by atoms with Gasteiger partial charge in [0.15, 0.2) is 0 Å². The smallest absolute Gasteiger partial charge is 0.302 e. The number of hydrogen-bond donors (Lipinski definition) is 0. The molecule has 0 spiro atoms. The highest BCUT2D eigenvalue weighted by atomic mass is 35.5. The second-order valence-corrected chi connectivity index (χ2v) is 4.89. The van der Waals surface area contributed by atoms with Crippen molar-refractivity contribution in [2.45, 2.75) is 56.9 Å². The minimum Gasteiger partial charge on any atom is -0.462 e. The lowest BCUT2D eigenvalue weighted by Crippen LogP contribution is -2.29. The maximum atomic E-state index is 11.0. The minimum atomic E-state index is -0.417. The Balaban J connectivity index is 2.41. The molecular formula is C12H18ClNO2. The van der Waals surface area contributed by atoms with Gasteiger partial charge in [-0.15, -0.1) is 11.6 Å². The van der Waals surface area contributed by atoms with E-state index in [2.05, 4.69) is 0 Å². The lowest BCUT2D eigenvalue weighted by molar-refractivity contribution is -0.151. The van der Waals surface area contributed by atoms with Crippen LogP contribution in [0.4, 0.5) is 0 Å². The first-order chi connectivity index (χ1) is 7.63. The molecule has 1 aliphatic carbocycles. The molecule has 1 fully saturated rings. The molecule has 0 aromatic carbocycles. The van der Waals surface area contributed by atoms with E-state index in [1.165, 1.54) is 13.3 Å². The van der Waals surface area contributed by atoms with Gasteiger partial charge in [0.05, 0.1) is 6.07 Å². The molecule has 0 bridgehead atoms. The lowest BCUT2D eigenvalue weighted by atomic mass is 9.83. The van der Waals surface area contributed by atoms with Gasteiger partial charge in [-0.05, 0) is 38.0 Å². The molecule has 0 aliphatic heterocycles. The van der Waals surface area contributed by atoms with Gasteiger partial charge in [0, 0.05) is 6.92 Å². The summed E-state index contributed by atoms with van der Waals surface area (Å²) in [7, 11) is 0. The topological polar surface area (TPSA) is 50.1 Å². The van der Waals surface area contributed by atoms with E-state index in [1.807, 2.05) is 6.07 Å². The van der Waals surface area contributed by atoms with Crippen molar-refractivity contribution in [2.75, 3.05) is 0 Å². The van der Waals surface area contributed by atoms with Gasteiger partial charge in [-0.1, -0.05) is 6.42 Å². The van der Waals surface area contributed by atoms with E-state index in [4.69, 9.17) is 21.6 Å². The Labute approximate surface area is 102 Å². The van der Waals surface area contributed by atoms with E-state index in [1.54, 1.807) is 0 Å². The fraction of sp³-hybridized carbons (Fsp3) is 0.833. The van der Waals surface area contributed by atoms with Gasteiger partial charge in [-0.2, -0.15) is 5.26 Å². The van der Waals surface area contributed by atoms with Crippen molar-refractivity contribution in [1.82, 2.24) is 0 Å². The van der Waals surface area contributed by atoms with Crippen molar-refractivity contribution < 1.29 is 9.53 Å². The van der Waals surface area contributed by atoms with E-state index in [0.717, 1.165) is 25.7 Å². The SMILES string of the molecule is CC(=O)OC1CCCCC1CCC(Cl)C#N. The van der Waals surface area contributed by atoms with Crippen LogP contribution in [0.5, 0.6) is 0 Å². The molecule has 4 heteroatoms. The third-order valence-corrected chi connectivity index (χ3v) is 3.40. The Morgan fingerprint density at radius 1 is 1.56 bits per heavy atom. The predicted molar refractivity (Wildman–Crippen MR) is 62.0 cm³/mol. The number of carbonyl (C=O) groups is 1. The summed E-state index contributed by atoms with van der Waals surface area (Å²) in [4.78, 5) is 11.0. The van der Waals surface area contributed by atoms with Gasteiger partial charge in [0.25, 0.3) is 0 Å². The van der Waals surface area contributed by atoms with Crippen molar-refractivity contribution in [3.63, 3.8) is 0 Å². The fourth-order valence-electron chi connectivity index (χ4n) is 2.30. The van der Waals surface area contributed by atoms with Crippen LogP contribution in [-0.2, 0) is 9.53 Å². The summed E-state index contributed by atoms with van der Waals surface area (Å²) < 4.78 is 5.30. The van der Waals surface area contributed by atoms with Crippen molar-refractivity contribution in [3.05, 3.63) is 0 Å². The molecule has 0 radical (unpaired) electrons. The van der Waals surface area contributed by atoms with Crippen LogP contribution in [0.2, 0.25) is 0 Å². The van der Waals surface area contributed by atoms with Crippen LogP contribution >= 0.6 is 11.6 Å². The molecule has 3 unspecified atom stereocenters. The molecule has 1 aliphatic rings. The number of hydrogen-bond acceptors (Lipinski definition) is 3. The molecule has 0 aromatic rings. The average molecular weight is 244 g/mol. The number of rotatable bonds is 4. The molecule has 1 rings (SSSR count). The van der Waals surface area contributed by atoms with Crippen LogP contribution in [0.1, 0.15) is 45.4 Å². The monoisotopic (exact) mass is 243 g/mol. The van der Waals surface area contributed by atoms with Crippen LogP contribution in [-0.4, -0.2) is 17.5 Å². The van der Waals surface area contributed by atoms with E-state index in [0.29, 0.717) is 12.3 Å². The summed E-state index contributed by atoms with van der Waals surface area (Å²) in [6.07, 6.45) is 5.92. The largest absolute Gasteiger partial charge is 0.462 e. The molecule has 1 saturated carbocycles. The molecule has 0 saturated heterocycles. The van der Waals surface area contributed by atoms with Crippen LogP contribution in [0, 0.1) is 17.2 Å². The van der Waals surface area contributed by atoms with Crippen LogP contribution < -0.4 is 0 Å². The van der Waals surface area contributed by atoms with Crippen LogP contribution in [0.15, 0.2) is 0 Å². The molecule has 16 heavy (non-hydrogen) atoms. The highest BCUT2D eigenvalue weighted by Gasteiger charge is 2.27. The Bertz CT molecular complexity index is 275. The summed E-state index contributed by atoms with van der Waals surface area (Å²) >= 11 is 5.77. The van der Waals surface area contributed by atoms with Gasteiger partial charge in [-0.3, -0.25) is 4.79 Å². The van der Waals surface area contributed by atoms with Crippen molar-refractivity contribution >= 4 is 17.6 Å². The first-order valence-electron chi connectivity index (χ1n) is 5.84. The first-order valence-corrected chi connectivity index (χ1v) is 6.28. The first kappa shape index (κ1) is 13.3.